The van der Waals surface area contributed by atoms with Gasteiger partial charge in [-0.1, -0.05) is 150 Å². The number of nitrogens with zero attached hydrogens (tertiary/aromatic N) is 2. The molecule has 14 N–H and O–H groups in total. The molecule has 4 rings (SSSR count). The Kier molecular flexibility index (Phi) is 41.3. The van der Waals surface area contributed by atoms with Gasteiger partial charge >= 0.3 is 11.9 Å². The molecule has 3 unspecified atom stereocenters. The summed E-state index contributed by atoms with van der Waals surface area (Å²) in [4.78, 5) is 228. The predicted molar refractivity (Wildman–Crippen MR) is 422 cm³/mol. The number of ether oxygens (including phenoxy) is 2. The number of amides is 14. The average Bonchev–Trinajstić information content (AvgIpc) is 1.81. The highest BCUT2D eigenvalue weighted by Crippen LogP contribution is 2.26. The zero-order valence-electron chi connectivity index (χ0n) is 67.1. The van der Waals surface area contributed by atoms with Gasteiger partial charge in [-0.05, 0) is 88.7 Å². The molecule has 36 heteroatoms. The molecule has 2 saturated heterocycles. The number of methoxy groups -OCH3 is 1. The van der Waals surface area contributed by atoms with Crippen LogP contribution in [0.1, 0.15) is 158 Å². The lowest BCUT2D eigenvalue weighted by Gasteiger charge is -2.34. The molecule has 2 fully saturated rings. The molecule has 2 aliphatic heterocycles. The molecule has 0 bridgehead atoms. The van der Waals surface area contributed by atoms with Gasteiger partial charge in [0.1, 0.15) is 78.6 Å². The van der Waals surface area contributed by atoms with Gasteiger partial charge < -0.3 is 93.3 Å². The van der Waals surface area contributed by atoms with Crippen molar-refractivity contribution in [3.8, 4) is 0 Å². The van der Waals surface area contributed by atoms with Gasteiger partial charge in [0.15, 0.2) is 6.04 Å². The molecule has 2 heterocycles. The minimum absolute atomic E-state index is 0.0371. The summed E-state index contributed by atoms with van der Waals surface area (Å²) in [7, 11) is 4.35. The number of carbonyl (C=O) groups is 16. The van der Waals surface area contributed by atoms with Crippen molar-refractivity contribution in [3.63, 3.8) is 0 Å². The molecule has 34 nitrogen and oxygen atoms in total. The third-order valence-corrected chi connectivity index (χ3v) is 22.3. The smallest absolute Gasteiger partial charge is 0.331 e. The Bertz CT molecular complexity index is 3570. The molecule has 14 amide bonds. The van der Waals surface area contributed by atoms with Crippen molar-refractivity contribution < 1.29 is 96.4 Å². The third kappa shape index (κ3) is 31.5. The zero-order chi connectivity index (χ0) is 84.3. The second-order valence-electron chi connectivity index (χ2n) is 29.0. The Morgan fingerprint density at radius 2 is 1.12 bits per heavy atom. The van der Waals surface area contributed by atoms with Gasteiger partial charge in [-0.15, -0.1) is 0 Å². The number of carboxylic acid groups (broad SMARTS) is 1. The largest absolute Gasteiger partial charge is 0.481 e. The first-order chi connectivity index (χ1) is 53.5. The van der Waals surface area contributed by atoms with Gasteiger partial charge in [-0.25, -0.2) is 4.79 Å². The average molecular weight is 1620 g/mol. The molecule has 0 aliphatic carbocycles. The van der Waals surface area contributed by atoms with E-state index >= 15 is 4.79 Å². The number of esters is 1. The molecule has 2 aromatic carbocycles. The Hall–Kier alpha value is -9.42. The first-order valence-corrected chi connectivity index (χ1v) is 41.0. The van der Waals surface area contributed by atoms with Crippen molar-refractivity contribution >= 4 is 116 Å². The standard InChI is InChI=1S/C77H118N14O20S2/c1-15-42(5)34-53-67(99)78-38-45(8)111-77(109)57(39-92)87-74(106)64(48(11)110-14)90(13)75(107)52(18-4)83-69(101)54(35-43(6)16-2)85-66(98)47(10)80-73(105)63(44(7)17-3)89-71(103)59(88-72(104)60-30-25-33-91(60)76(108)56(81-49(12)93)37-51-28-23-20-24-29-51)41-113-112-40-58(82-61(94)31-32-62(95)96)70(102)86-55(36-50-26-21-19-22-27-50)68(100)79-46(9)65(97)84-53/h19-24,26-29,42-48,52-60,63-64,92H,15-18,25,30-41H2,1-14H3,(H,78,99)(H,79,100)(H,80,105)(H,81,93)(H,82,94)(H,83,101)(H,84,97)(H,85,98)(H,86,102)(H,87,106)(H,88,104)(H,89,103)(H,95,96)/t42-,43+,44+,45+,46+,47?,48+,52+,53?,54-,55+,56+,57-,58-,59?,60-,63-,64-/m0/s1. The van der Waals surface area contributed by atoms with Crippen LogP contribution in [0.2, 0.25) is 0 Å². The number of carbonyl (C=O) groups excluding carboxylic acids is 15. The van der Waals surface area contributed by atoms with Gasteiger partial charge in [-0.2, -0.15) is 0 Å². The molecule has 0 spiro atoms. The molecule has 113 heavy (non-hydrogen) atoms. The number of likely N-dealkylation sites (N-methyl/N-ethyl adjacent to an activating group) is 1. The number of carboxylic acids is 1. The van der Waals surface area contributed by atoms with Crippen LogP contribution >= 0.6 is 21.6 Å². The maximum absolute atomic E-state index is 15.1. The van der Waals surface area contributed by atoms with Crippen molar-refractivity contribution in [2.75, 3.05) is 45.4 Å². The van der Waals surface area contributed by atoms with Crippen LogP contribution in [0.25, 0.3) is 0 Å². The second-order valence-corrected chi connectivity index (χ2v) is 31.6. The topological polar surface area (TPSA) is 483 Å². The van der Waals surface area contributed by atoms with Crippen LogP contribution in [-0.2, 0) is 99.0 Å². The molecule has 18 atom stereocenters. The van der Waals surface area contributed by atoms with Crippen LogP contribution in [0.4, 0.5) is 0 Å². The first kappa shape index (κ1) is 96.0. The second kappa shape index (κ2) is 48.6. The normalized spacial score (nSPS) is 26.1. The van der Waals surface area contributed by atoms with E-state index in [1.165, 1.54) is 53.7 Å². The van der Waals surface area contributed by atoms with E-state index in [4.69, 9.17) is 9.47 Å². The highest BCUT2D eigenvalue weighted by molar-refractivity contribution is 8.76. The molecule has 0 radical (unpaired) electrons. The minimum Gasteiger partial charge on any atom is -0.481 e. The van der Waals surface area contributed by atoms with Crippen LogP contribution in [0, 0.1) is 17.8 Å². The zero-order valence-corrected chi connectivity index (χ0v) is 68.8. The highest BCUT2D eigenvalue weighted by atomic mass is 33.1. The minimum atomic E-state index is -1.74. The molecule has 0 aromatic heterocycles. The van der Waals surface area contributed by atoms with E-state index in [-0.39, 0.29) is 81.4 Å². The summed E-state index contributed by atoms with van der Waals surface area (Å²) in [6, 6.07) is -0.985. The number of hydrogen-bond donors (Lipinski definition) is 14. The molecule has 0 saturated carbocycles. The van der Waals surface area contributed by atoms with E-state index in [0.717, 1.165) is 26.5 Å². The van der Waals surface area contributed by atoms with Crippen molar-refractivity contribution in [1.82, 2.24) is 73.6 Å². The Morgan fingerprint density at radius 3 is 1.65 bits per heavy atom. The van der Waals surface area contributed by atoms with E-state index < -0.39 is 211 Å². The fourth-order valence-corrected chi connectivity index (χ4v) is 14.7. The SMILES string of the molecule is CC[C@@H](C)C[C@@H]1NC(=O)C(C)NC(=O)[C@H]([C@H](C)CC)NC(=O)C(NC(=O)[C@@H]2CCCN2C(=O)[C@@H](Cc2ccccc2)NC(C)=O)CSSC[C@H](NC(=O)CCC(=O)O)C(=O)N[C@H](Cc2ccccc2)C(=O)N[C@H](C)C(=O)NC(C[C@@H](C)CC)C(=O)NC[C@@H](C)OC(=O)[C@H](CO)NC(=O)[C@H]([C@@H](C)OC)N(C)C(=O)[C@@H](CC)NC1=O. The van der Waals surface area contributed by atoms with Crippen molar-refractivity contribution in [1.29, 1.82) is 0 Å². The Labute approximate surface area is 668 Å². The molecule has 628 valence electrons. The van der Waals surface area contributed by atoms with Gasteiger partial charge in [0.2, 0.25) is 82.7 Å². The van der Waals surface area contributed by atoms with Crippen LogP contribution in [0.3, 0.4) is 0 Å². The van der Waals surface area contributed by atoms with Gasteiger partial charge in [0.05, 0.1) is 25.7 Å². The summed E-state index contributed by atoms with van der Waals surface area (Å²) < 4.78 is 11.1. The maximum Gasteiger partial charge on any atom is 0.331 e. The number of aliphatic carboxylic acids is 1. The van der Waals surface area contributed by atoms with E-state index in [2.05, 4.69) is 63.8 Å². The summed E-state index contributed by atoms with van der Waals surface area (Å²) in [5.74, 6) is -15.6. The predicted octanol–water partition coefficient (Wildman–Crippen LogP) is 0.346. The summed E-state index contributed by atoms with van der Waals surface area (Å²) in [5, 5.41) is 51.8. The van der Waals surface area contributed by atoms with Crippen LogP contribution in [0.5, 0.6) is 0 Å². The molecule has 2 aliphatic rings. The Morgan fingerprint density at radius 1 is 0.611 bits per heavy atom. The quantitative estimate of drug-likeness (QED) is 0.0498. The summed E-state index contributed by atoms with van der Waals surface area (Å²) >= 11 is 0. The summed E-state index contributed by atoms with van der Waals surface area (Å²) in [6.07, 6.45) is -1.62. The summed E-state index contributed by atoms with van der Waals surface area (Å²) in [5.41, 5.74) is 1.25. The van der Waals surface area contributed by atoms with E-state index in [1.807, 2.05) is 27.7 Å². The lowest BCUT2D eigenvalue weighted by molar-refractivity contribution is -0.155. The number of cyclic esters (lactones) is 1. The first-order valence-electron chi connectivity index (χ1n) is 38.5. The van der Waals surface area contributed by atoms with Gasteiger partial charge in [0, 0.05) is 58.4 Å². The van der Waals surface area contributed by atoms with Crippen molar-refractivity contribution in [2.45, 2.75) is 251 Å². The van der Waals surface area contributed by atoms with E-state index in [0.29, 0.717) is 30.4 Å². The van der Waals surface area contributed by atoms with Crippen LogP contribution in [0.15, 0.2) is 60.7 Å². The van der Waals surface area contributed by atoms with Crippen LogP contribution in [-0.4, -0.2) is 251 Å². The number of aliphatic hydroxyl groups is 1. The molecule has 2 aromatic rings. The van der Waals surface area contributed by atoms with E-state index in [1.54, 1.807) is 81.4 Å². The van der Waals surface area contributed by atoms with Crippen molar-refractivity contribution in [3.05, 3.63) is 71.8 Å². The van der Waals surface area contributed by atoms with E-state index in [9.17, 15) is 82.1 Å². The van der Waals surface area contributed by atoms with Gasteiger partial charge in [-0.3, -0.25) is 71.9 Å². The fourth-order valence-electron chi connectivity index (χ4n) is 12.3. The number of benzene rings is 2. The maximum atomic E-state index is 15.1. The number of hydrogen-bond acceptors (Lipinski definition) is 21. The monoisotopic (exact) mass is 1620 g/mol. The number of nitrogens with one attached hydrogen (secondary N) is 12. The van der Waals surface area contributed by atoms with Crippen molar-refractivity contribution in [2.24, 2.45) is 17.8 Å². The molecular weight excluding hydrogens is 1510 g/mol. The molecular formula is C77H118N14O20S2. The van der Waals surface area contributed by atoms with Crippen LogP contribution < -0.4 is 63.8 Å². The number of likely N-dealkylation sites (tertiary alicyclic amines) is 1. The highest BCUT2D eigenvalue weighted by Gasteiger charge is 2.43. The number of rotatable bonds is 24. The lowest BCUT2D eigenvalue weighted by atomic mass is 9.97. The summed E-state index contributed by atoms with van der Waals surface area (Å²) in [6.45, 7) is 17.9. The van der Waals surface area contributed by atoms with Gasteiger partial charge in [0.25, 0.3) is 0 Å². The number of aliphatic hydroxyl groups excluding tert-OH is 1. The Balaban J connectivity index is 1.86. The fraction of sp³-hybridized carbons (Fsp3) is 0.636. The third-order valence-electron chi connectivity index (χ3n) is 19.9. The lowest BCUT2D eigenvalue weighted by Crippen LogP contribution is -2.62.